The van der Waals surface area contributed by atoms with Gasteiger partial charge in [0.2, 0.25) is 0 Å². The van der Waals surface area contributed by atoms with E-state index in [9.17, 15) is 5.11 Å². The van der Waals surface area contributed by atoms with Gasteiger partial charge in [0, 0.05) is 0 Å². The van der Waals surface area contributed by atoms with Crippen LogP contribution in [0, 0.1) is 5.92 Å². The van der Waals surface area contributed by atoms with Crippen LogP contribution in [0.3, 0.4) is 0 Å². The predicted molar refractivity (Wildman–Crippen MR) is 43.4 cm³/mol. The van der Waals surface area contributed by atoms with Gasteiger partial charge in [-0.25, -0.2) is 5.11 Å². The fraction of sp³-hybridized carbons (Fsp3) is 0.778. The molecule has 1 radical (unpaired) electrons. The zero-order chi connectivity index (χ0) is 7.82. The quantitative estimate of drug-likeness (QED) is 0.525. The van der Waals surface area contributed by atoms with E-state index >= 15 is 0 Å². The highest BCUT2D eigenvalue weighted by atomic mass is 16.3. The SMILES string of the molecule is CC/C=C/CCC(C)C[O]. The maximum Gasteiger partial charge on any atom is 0.0847 e. The molecule has 10 heavy (non-hydrogen) atoms. The summed E-state index contributed by atoms with van der Waals surface area (Å²) in [6.07, 6.45) is 7.52. The summed E-state index contributed by atoms with van der Waals surface area (Å²) in [5, 5.41) is 10.3. The monoisotopic (exact) mass is 141 g/mol. The standard InChI is InChI=1S/C9H17O/c1-3-4-5-6-7-9(2)8-10/h4-5,9H,3,6-8H2,1-2H3/b5-4+. The molecule has 0 N–H and O–H groups in total. The van der Waals surface area contributed by atoms with Crippen molar-refractivity contribution in [1.82, 2.24) is 0 Å². The number of hydrogen-bond donors (Lipinski definition) is 0. The summed E-state index contributed by atoms with van der Waals surface area (Å²) in [6, 6.07) is 0. The Morgan fingerprint density at radius 1 is 1.40 bits per heavy atom. The van der Waals surface area contributed by atoms with Crippen molar-refractivity contribution in [2.24, 2.45) is 5.92 Å². The van der Waals surface area contributed by atoms with Crippen LogP contribution in [0.1, 0.15) is 33.1 Å². The van der Waals surface area contributed by atoms with E-state index in [0.29, 0.717) is 5.92 Å². The van der Waals surface area contributed by atoms with Crippen LogP contribution in [0.15, 0.2) is 12.2 Å². The van der Waals surface area contributed by atoms with Gasteiger partial charge >= 0.3 is 0 Å². The minimum absolute atomic E-state index is 0.0694. The van der Waals surface area contributed by atoms with Gasteiger partial charge < -0.3 is 0 Å². The molecule has 0 aliphatic rings. The Balaban J connectivity index is 3.10. The van der Waals surface area contributed by atoms with E-state index in [0.717, 1.165) is 19.3 Å². The van der Waals surface area contributed by atoms with Gasteiger partial charge in [0.25, 0.3) is 0 Å². The summed E-state index contributed by atoms with van der Waals surface area (Å²) in [5.74, 6) is 0.349. The molecule has 0 aromatic heterocycles. The van der Waals surface area contributed by atoms with Gasteiger partial charge in [0.15, 0.2) is 0 Å². The van der Waals surface area contributed by atoms with Crippen LogP contribution in [0.4, 0.5) is 0 Å². The maximum atomic E-state index is 10.3. The Labute approximate surface area is 63.8 Å². The second kappa shape index (κ2) is 6.81. The molecule has 1 unspecified atom stereocenters. The molecule has 0 aromatic carbocycles. The molecule has 0 aliphatic carbocycles. The van der Waals surface area contributed by atoms with Crippen molar-refractivity contribution in [3.05, 3.63) is 12.2 Å². The molecule has 0 spiro atoms. The molecule has 0 aliphatic heterocycles. The molecule has 0 bridgehead atoms. The molecule has 1 nitrogen and oxygen atoms in total. The summed E-state index contributed by atoms with van der Waals surface area (Å²) in [6.45, 7) is 4.19. The van der Waals surface area contributed by atoms with Crippen LogP contribution in [0.5, 0.6) is 0 Å². The van der Waals surface area contributed by atoms with Crippen LogP contribution in [0.2, 0.25) is 0 Å². The van der Waals surface area contributed by atoms with E-state index in [4.69, 9.17) is 0 Å². The van der Waals surface area contributed by atoms with Gasteiger partial charge in [-0.15, -0.1) is 0 Å². The largest absolute Gasteiger partial charge is 0.236 e. The van der Waals surface area contributed by atoms with Crippen LogP contribution in [-0.4, -0.2) is 6.61 Å². The second-order valence-electron chi connectivity index (χ2n) is 2.73. The number of rotatable bonds is 5. The Morgan fingerprint density at radius 3 is 2.60 bits per heavy atom. The fourth-order valence-electron chi connectivity index (χ4n) is 0.749. The van der Waals surface area contributed by atoms with Crippen molar-refractivity contribution >= 4 is 0 Å². The minimum Gasteiger partial charge on any atom is -0.236 e. The molecular formula is C9H17O. The molecule has 1 heteroatoms. The van der Waals surface area contributed by atoms with Crippen molar-refractivity contribution < 1.29 is 5.11 Å². The first-order chi connectivity index (χ1) is 4.81. The molecule has 0 amide bonds. The van der Waals surface area contributed by atoms with Crippen LogP contribution in [-0.2, 0) is 5.11 Å². The third kappa shape index (κ3) is 5.83. The predicted octanol–water partition coefficient (Wildman–Crippen LogP) is 2.80. The maximum absolute atomic E-state index is 10.3. The lowest BCUT2D eigenvalue weighted by Crippen LogP contribution is -1.97. The van der Waals surface area contributed by atoms with Gasteiger partial charge in [-0.3, -0.25) is 0 Å². The molecule has 1 atom stereocenters. The third-order valence-corrected chi connectivity index (χ3v) is 1.51. The Kier molecular flexibility index (Phi) is 6.61. The van der Waals surface area contributed by atoms with Crippen molar-refractivity contribution in [3.63, 3.8) is 0 Å². The first-order valence-electron chi connectivity index (χ1n) is 4.04. The van der Waals surface area contributed by atoms with E-state index in [-0.39, 0.29) is 6.61 Å². The minimum atomic E-state index is 0.0694. The van der Waals surface area contributed by atoms with Gasteiger partial charge in [-0.1, -0.05) is 26.0 Å². The van der Waals surface area contributed by atoms with Crippen LogP contribution < -0.4 is 0 Å². The highest BCUT2D eigenvalue weighted by Gasteiger charge is 1.96. The van der Waals surface area contributed by atoms with Gasteiger partial charge in [0.05, 0.1) is 6.61 Å². The summed E-state index contributed by atoms with van der Waals surface area (Å²) >= 11 is 0. The molecular weight excluding hydrogens is 124 g/mol. The van der Waals surface area contributed by atoms with E-state index in [1.165, 1.54) is 0 Å². The molecule has 0 aromatic rings. The lowest BCUT2D eigenvalue weighted by atomic mass is 10.1. The van der Waals surface area contributed by atoms with Crippen molar-refractivity contribution in [1.29, 1.82) is 0 Å². The topological polar surface area (TPSA) is 19.9 Å². The lowest BCUT2D eigenvalue weighted by Gasteiger charge is -2.01. The van der Waals surface area contributed by atoms with Crippen molar-refractivity contribution in [2.75, 3.05) is 6.61 Å². The first kappa shape index (κ1) is 9.70. The molecule has 0 rings (SSSR count). The summed E-state index contributed by atoms with van der Waals surface area (Å²) < 4.78 is 0. The van der Waals surface area contributed by atoms with Crippen LogP contribution >= 0.6 is 0 Å². The van der Waals surface area contributed by atoms with Gasteiger partial charge in [-0.05, 0) is 25.2 Å². The Morgan fingerprint density at radius 2 is 2.10 bits per heavy atom. The molecule has 0 saturated carbocycles. The fourth-order valence-corrected chi connectivity index (χ4v) is 0.749. The third-order valence-electron chi connectivity index (χ3n) is 1.51. The first-order valence-corrected chi connectivity index (χ1v) is 4.04. The highest BCUT2D eigenvalue weighted by molar-refractivity contribution is 4.80. The number of hydrogen-bond acceptors (Lipinski definition) is 0. The molecule has 0 fully saturated rings. The van der Waals surface area contributed by atoms with Gasteiger partial charge in [0.1, 0.15) is 0 Å². The van der Waals surface area contributed by atoms with E-state index in [1.54, 1.807) is 0 Å². The average Bonchev–Trinajstić information content (AvgIpc) is 1.98. The molecule has 0 saturated heterocycles. The zero-order valence-corrected chi connectivity index (χ0v) is 6.97. The van der Waals surface area contributed by atoms with E-state index in [1.807, 2.05) is 6.92 Å². The van der Waals surface area contributed by atoms with Crippen LogP contribution in [0.25, 0.3) is 0 Å². The average molecular weight is 141 g/mol. The Hall–Kier alpha value is -0.300. The smallest absolute Gasteiger partial charge is 0.0847 e. The van der Waals surface area contributed by atoms with Crippen molar-refractivity contribution in [3.8, 4) is 0 Å². The summed E-state index contributed by atoms with van der Waals surface area (Å²) in [4.78, 5) is 0. The second-order valence-corrected chi connectivity index (χ2v) is 2.73. The highest BCUT2D eigenvalue weighted by Crippen LogP contribution is 2.04. The van der Waals surface area contributed by atoms with Crippen molar-refractivity contribution in [2.45, 2.75) is 33.1 Å². The summed E-state index contributed by atoms with van der Waals surface area (Å²) in [7, 11) is 0. The van der Waals surface area contributed by atoms with Gasteiger partial charge in [-0.2, -0.15) is 0 Å². The normalized spacial score (nSPS) is 14.3. The molecule has 0 heterocycles. The van der Waals surface area contributed by atoms with E-state index < -0.39 is 0 Å². The number of allylic oxidation sites excluding steroid dienone is 2. The van der Waals surface area contributed by atoms with E-state index in [2.05, 4.69) is 19.1 Å². The zero-order valence-electron chi connectivity index (χ0n) is 6.97. The lowest BCUT2D eigenvalue weighted by molar-refractivity contribution is 0.147. The summed E-state index contributed by atoms with van der Waals surface area (Å²) in [5.41, 5.74) is 0. The molecule has 59 valence electrons. The Bertz CT molecular complexity index is 86.7.